The number of morpholine rings is 1. The van der Waals surface area contributed by atoms with Gasteiger partial charge in [-0.1, -0.05) is 0 Å². The fourth-order valence-corrected chi connectivity index (χ4v) is 1.84. The number of rotatable bonds is 4. The zero-order chi connectivity index (χ0) is 15.3. The van der Waals surface area contributed by atoms with Gasteiger partial charge in [0.05, 0.1) is 26.2 Å². The number of ether oxygens (including phenoxy) is 2. The lowest BCUT2D eigenvalue weighted by atomic mass is 10.2. The summed E-state index contributed by atoms with van der Waals surface area (Å²) in [5, 5.41) is 8.90. The van der Waals surface area contributed by atoms with Crippen molar-refractivity contribution >= 4 is 18.0 Å². The molecule has 1 aliphatic heterocycles. The van der Waals surface area contributed by atoms with Crippen molar-refractivity contribution in [2.45, 2.75) is 25.5 Å². The first-order chi connectivity index (χ1) is 9.36. The molecule has 0 aromatic rings. The van der Waals surface area contributed by atoms with Gasteiger partial charge in [-0.25, -0.2) is 9.59 Å². The van der Waals surface area contributed by atoms with Crippen LogP contribution >= 0.6 is 0 Å². The highest BCUT2D eigenvalue weighted by molar-refractivity contribution is 5.82. The molecule has 1 rings (SSSR count). The summed E-state index contributed by atoms with van der Waals surface area (Å²) in [5.41, 5.74) is 0. The van der Waals surface area contributed by atoms with Crippen LogP contribution in [-0.2, 0) is 19.1 Å². The second-order valence-corrected chi connectivity index (χ2v) is 4.63. The van der Waals surface area contributed by atoms with Crippen molar-refractivity contribution in [1.82, 2.24) is 9.80 Å². The second kappa shape index (κ2) is 7.09. The predicted molar refractivity (Wildman–Crippen MR) is 68.2 cm³/mol. The highest BCUT2D eigenvalue weighted by Gasteiger charge is 2.31. The normalized spacial score (nSPS) is 20.1. The topological polar surface area (TPSA) is 96.4 Å². The summed E-state index contributed by atoms with van der Waals surface area (Å²) in [6.45, 7) is 2.35. The van der Waals surface area contributed by atoms with Crippen LogP contribution in [0.25, 0.3) is 0 Å². The number of nitrogens with zero attached hydrogens (tertiary/aromatic N) is 2. The number of urea groups is 1. The van der Waals surface area contributed by atoms with E-state index in [1.165, 1.54) is 26.0 Å². The predicted octanol–water partition coefficient (Wildman–Crippen LogP) is -0.225. The standard InChI is InChI=1S/C12H20N2O6/c1-8(11(16)17)13(2)12(18)14-4-5-20-9(7-14)6-10(15)19-3/h8-9H,4-7H2,1-3H3,(H,16,17). The third-order valence-electron chi connectivity index (χ3n) is 3.27. The fraction of sp³-hybridized carbons (Fsp3) is 0.750. The molecule has 2 unspecified atom stereocenters. The van der Waals surface area contributed by atoms with Crippen molar-refractivity contribution < 1.29 is 29.0 Å². The molecule has 8 heteroatoms. The number of amides is 2. The van der Waals surface area contributed by atoms with Gasteiger partial charge in [-0.2, -0.15) is 0 Å². The Hall–Kier alpha value is -1.83. The summed E-state index contributed by atoms with van der Waals surface area (Å²) >= 11 is 0. The lowest BCUT2D eigenvalue weighted by Crippen LogP contribution is -2.53. The number of aliphatic carboxylic acids is 1. The number of carboxylic acids is 1. The van der Waals surface area contributed by atoms with Crippen molar-refractivity contribution in [1.29, 1.82) is 0 Å². The minimum absolute atomic E-state index is 0.0679. The number of carbonyl (C=O) groups excluding carboxylic acids is 2. The summed E-state index contributed by atoms with van der Waals surface area (Å²) in [5.74, 6) is -1.48. The van der Waals surface area contributed by atoms with Crippen molar-refractivity contribution in [3.63, 3.8) is 0 Å². The minimum Gasteiger partial charge on any atom is -0.480 e. The van der Waals surface area contributed by atoms with Gasteiger partial charge in [0, 0.05) is 20.1 Å². The largest absolute Gasteiger partial charge is 0.480 e. The zero-order valence-electron chi connectivity index (χ0n) is 11.9. The number of carboxylic acid groups (broad SMARTS) is 1. The molecule has 114 valence electrons. The Morgan fingerprint density at radius 2 is 2.15 bits per heavy atom. The molecule has 0 spiro atoms. The second-order valence-electron chi connectivity index (χ2n) is 4.63. The summed E-state index contributed by atoms with van der Waals surface area (Å²) in [7, 11) is 2.72. The van der Waals surface area contributed by atoms with E-state index in [4.69, 9.17) is 9.84 Å². The Bertz CT molecular complexity index is 386. The third kappa shape index (κ3) is 4.09. The molecule has 0 aliphatic carbocycles. The molecular weight excluding hydrogens is 268 g/mol. The molecule has 0 radical (unpaired) electrons. The molecule has 0 bridgehead atoms. The van der Waals surface area contributed by atoms with Gasteiger partial charge in [0.2, 0.25) is 0 Å². The van der Waals surface area contributed by atoms with Crippen molar-refractivity contribution in [2.75, 3.05) is 33.9 Å². The molecule has 2 amide bonds. The third-order valence-corrected chi connectivity index (χ3v) is 3.27. The van der Waals surface area contributed by atoms with E-state index >= 15 is 0 Å². The monoisotopic (exact) mass is 288 g/mol. The van der Waals surface area contributed by atoms with E-state index in [9.17, 15) is 14.4 Å². The zero-order valence-corrected chi connectivity index (χ0v) is 11.9. The molecule has 1 N–H and O–H groups in total. The number of hydrogen-bond donors (Lipinski definition) is 1. The van der Waals surface area contributed by atoms with Crippen LogP contribution < -0.4 is 0 Å². The lowest BCUT2D eigenvalue weighted by molar-refractivity contribution is -0.145. The van der Waals surface area contributed by atoms with Crippen LogP contribution in [0.1, 0.15) is 13.3 Å². The van der Waals surface area contributed by atoms with Crippen LogP contribution in [0, 0.1) is 0 Å². The smallest absolute Gasteiger partial charge is 0.326 e. The molecule has 0 saturated carbocycles. The Balaban J connectivity index is 2.60. The first-order valence-electron chi connectivity index (χ1n) is 6.29. The summed E-state index contributed by atoms with van der Waals surface area (Å²) in [4.78, 5) is 36.9. The highest BCUT2D eigenvalue weighted by Crippen LogP contribution is 2.12. The van der Waals surface area contributed by atoms with E-state index in [-0.39, 0.29) is 13.0 Å². The Morgan fingerprint density at radius 3 is 2.70 bits per heavy atom. The Kier molecular flexibility index (Phi) is 5.75. The molecule has 1 aliphatic rings. The van der Waals surface area contributed by atoms with Gasteiger partial charge in [-0.15, -0.1) is 0 Å². The van der Waals surface area contributed by atoms with Crippen LogP contribution in [0.15, 0.2) is 0 Å². The van der Waals surface area contributed by atoms with Gasteiger partial charge in [-0.05, 0) is 6.92 Å². The number of likely N-dealkylation sites (N-methyl/N-ethyl adjacent to an activating group) is 1. The van der Waals surface area contributed by atoms with Gasteiger partial charge < -0.3 is 24.4 Å². The first-order valence-corrected chi connectivity index (χ1v) is 6.29. The average molecular weight is 288 g/mol. The maximum atomic E-state index is 12.2. The molecule has 1 saturated heterocycles. The van der Waals surface area contributed by atoms with E-state index in [0.29, 0.717) is 13.2 Å². The van der Waals surface area contributed by atoms with Crippen molar-refractivity contribution in [3.8, 4) is 0 Å². The van der Waals surface area contributed by atoms with Crippen molar-refractivity contribution in [3.05, 3.63) is 0 Å². The average Bonchev–Trinajstić information content (AvgIpc) is 2.44. The van der Waals surface area contributed by atoms with E-state index < -0.39 is 30.1 Å². The highest BCUT2D eigenvalue weighted by atomic mass is 16.5. The minimum atomic E-state index is -1.07. The van der Waals surface area contributed by atoms with Crippen LogP contribution in [0.4, 0.5) is 4.79 Å². The maximum absolute atomic E-state index is 12.2. The number of methoxy groups -OCH3 is 1. The van der Waals surface area contributed by atoms with Gasteiger partial charge in [0.15, 0.2) is 0 Å². The number of esters is 1. The summed E-state index contributed by atoms with van der Waals surface area (Å²) in [6.07, 6.45) is -0.355. The Morgan fingerprint density at radius 1 is 1.50 bits per heavy atom. The van der Waals surface area contributed by atoms with Crippen molar-refractivity contribution in [2.24, 2.45) is 0 Å². The van der Waals surface area contributed by atoms with Crippen LogP contribution in [0.2, 0.25) is 0 Å². The van der Waals surface area contributed by atoms with Gasteiger partial charge in [0.1, 0.15) is 6.04 Å². The van der Waals surface area contributed by atoms with Gasteiger partial charge in [-0.3, -0.25) is 4.79 Å². The Labute approximate surface area is 117 Å². The fourth-order valence-electron chi connectivity index (χ4n) is 1.84. The number of hydrogen-bond acceptors (Lipinski definition) is 5. The molecule has 2 atom stereocenters. The van der Waals surface area contributed by atoms with E-state index in [1.54, 1.807) is 0 Å². The van der Waals surface area contributed by atoms with Gasteiger partial charge >= 0.3 is 18.0 Å². The van der Waals surface area contributed by atoms with E-state index in [0.717, 1.165) is 4.90 Å². The van der Waals surface area contributed by atoms with E-state index in [2.05, 4.69) is 4.74 Å². The van der Waals surface area contributed by atoms with Gasteiger partial charge in [0.25, 0.3) is 0 Å². The summed E-state index contributed by atoms with van der Waals surface area (Å²) < 4.78 is 9.94. The molecule has 0 aromatic heterocycles. The van der Waals surface area contributed by atoms with Crippen LogP contribution in [-0.4, -0.2) is 78.9 Å². The first kappa shape index (κ1) is 16.2. The molecular formula is C12H20N2O6. The van der Waals surface area contributed by atoms with Crippen LogP contribution in [0.5, 0.6) is 0 Å². The van der Waals surface area contributed by atoms with Crippen LogP contribution in [0.3, 0.4) is 0 Å². The molecule has 1 fully saturated rings. The molecule has 8 nitrogen and oxygen atoms in total. The summed E-state index contributed by atoms with van der Waals surface area (Å²) in [6, 6.07) is -1.30. The lowest BCUT2D eigenvalue weighted by Gasteiger charge is -2.36. The molecule has 1 heterocycles. The SMILES string of the molecule is COC(=O)CC1CN(C(=O)N(C)C(C)C(=O)O)CCO1. The van der Waals surface area contributed by atoms with E-state index in [1.807, 2.05) is 0 Å². The molecule has 0 aromatic carbocycles. The number of carbonyl (C=O) groups is 3. The maximum Gasteiger partial charge on any atom is 0.326 e. The molecule has 20 heavy (non-hydrogen) atoms. The quantitative estimate of drug-likeness (QED) is 0.718.